The summed E-state index contributed by atoms with van der Waals surface area (Å²) in [5.74, 6) is 1.74. The normalized spacial score (nSPS) is 13.0. The lowest BCUT2D eigenvalue weighted by Crippen LogP contribution is -2.14. The Morgan fingerprint density at radius 1 is 1.21 bits per heavy atom. The summed E-state index contributed by atoms with van der Waals surface area (Å²) in [5.41, 5.74) is 9.52. The van der Waals surface area contributed by atoms with Crippen molar-refractivity contribution >= 4 is 23.2 Å². The van der Waals surface area contributed by atoms with E-state index in [0.29, 0.717) is 34.1 Å². The van der Waals surface area contributed by atoms with Crippen LogP contribution >= 0.6 is 0 Å². The number of benzene rings is 2. The number of ketones is 1. The fourth-order valence-corrected chi connectivity index (χ4v) is 3.19. The van der Waals surface area contributed by atoms with Crippen LogP contribution in [0.25, 0.3) is 6.08 Å². The zero-order valence-corrected chi connectivity index (χ0v) is 16.9. The molecule has 0 aromatic heterocycles. The van der Waals surface area contributed by atoms with E-state index >= 15 is 0 Å². The smallest absolute Gasteiger partial charge is 0.231 e. The molecule has 0 atom stereocenters. The average molecular weight is 382 g/mol. The van der Waals surface area contributed by atoms with Gasteiger partial charge in [0.05, 0.1) is 18.5 Å². The molecule has 28 heavy (non-hydrogen) atoms. The minimum Gasteiger partial charge on any atom is -0.492 e. The maximum absolute atomic E-state index is 13.3. The second kappa shape index (κ2) is 7.84. The molecule has 2 aromatic rings. The Balaban J connectivity index is 2.06. The van der Waals surface area contributed by atoms with Gasteiger partial charge in [0.15, 0.2) is 17.3 Å². The van der Waals surface area contributed by atoms with Gasteiger partial charge in [0.1, 0.15) is 0 Å². The molecule has 148 valence electrons. The first-order valence-electron chi connectivity index (χ1n) is 9.13. The molecule has 0 aliphatic carbocycles. The standard InChI is InChI=1S/C22H26N2O4/c1-13(2)16(20(25)14-6-8-17(23)18(11-14)24(3)4)10-15-7-9-19-22(21(15)26-5)28-12-27-19/h6-11,13H,12,23H2,1-5H3. The van der Waals surface area contributed by atoms with Gasteiger partial charge in [0.2, 0.25) is 12.5 Å². The van der Waals surface area contributed by atoms with E-state index in [1.54, 1.807) is 19.2 Å². The van der Waals surface area contributed by atoms with Crippen molar-refractivity contribution in [3.63, 3.8) is 0 Å². The van der Waals surface area contributed by atoms with Crippen LogP contribution < -0.4 is 24.8 Å². The molecule has 0 amide bonds. The van der Waals surface area contributed by atoms with Crippen molar-refractivity contribution in [2.24, 2.45) is 5.92 Å². The van der Waals surface area contributed by atoms with Gasteiger partial charge in [0.25, 0.3) is 0 Å². The summed E-state index contributed by atoms with van der Waals surface area (Å²) in [5, 5.41) is 0. The number of carbonyl (C=O) groups excluding carboxylic acids is 1. The average Bonchev–Trinajstić information content (AvgIpc) is 3.13. The summed E-state index contributed by atoms with van der Waals surface area (Å²) in [4.78, 5) is 15.2. The van der Waals surface area contributed by atoms with Crippen molar-refractivity contribution in [2.45, 2.75) is 13.8 Å². The van der Waals surface area contributed by atoms with Gasteiger partial charge in [-0.1, -0.05) is 13.8 Å². The number of rotatable bonds is 6. The van der Waals surface area contributed by atoms with Gasteiger partial charge in [-0.15, -0.1) is 0 Å². The highest BCUT2D eigenvalue weighted by molar-refractivity contribution is 6.12. The van der Waals surface area contributed by atoms with Crippen LogP contribution in [0.3, 0.4) is 0 Å². The summed E-state index contributed by atoms with van der Waals surface area (Å²) in [6.45, 7) is 4.15. The molecule has 0 radical (unpaired) electrons. The molecule has 3 rings (SSSR count). The molecule has 0 saturated carbocycles. The Bertz CT molecular complexity index is 932. The topological polar surface area (TPSA) is 74.0 Å². The van der Waals surface area contributed by atoms with Crippen LogP contribution in [0.1, 0.15) is 29.8 Å². The Hall–Kier alpha value is -3.15. The van der Waals surface area contributed by atoms with E-state index < -0.39 is 0 Å². The third-order valence-corrected chi connectivity index (χ3v) is 4.70. The highest BCUT2D eigenvalue weighted by Gasteiger charge is 2.23. The van der Waals surface area contributed by atoms with Crippen LogP contribution in [0.15, 0.2) is 35.9 Å². The number of nitrogen functional groups attached to an aromatic ring is 1. The summed E-state index contributed by atoms with van der Waals surface area (Å²) in [6.07, 6.45) is 1.86. The zero-order chi connectivity index (χ0) is 20.4. The fraction of sp³-hybridized carbons (Fsp3) is 0.318. The molecule has 0 spiro atoms. The lowest BCUT2D eigenvalue weighted by atomic mass is 9.91. The number of ether oxygens (including phenoxy) is 3. The molecule has 1 aliphatic heterocycles. The van der Waals surface area contributed by atoms with Gasteiger partial charge in [-0.2, -0.15) is 0 Å². The summed E-state index contributed by atoms with van der Waals surface area (Å²) < 4.78 is 16.5. The first-order chi connectivity index (χ1) is 13.3. The predicted octanol–water partition coefficient (Wildman–Crippen LogP) is 3.99. The number of carbonyl (C=O) groups is 1. The van der Waals surface area contributed by atoms with Crippen molar-refractivity contribution in [3.8, 4) is 17.2 Å². The molecule has 2 aromatic carbocycles. The predicted molar refractivity (Wildman–Crippen MR) is 111 cm³/mol. The highest BCUT2D eigenvalue weighted by atomic mass is 16.7. The zero-order valence-electron chi connectivity index (χ0n) is 16.9. The van der Waals surface area contributed by atoms with Crippen molar-refractivity contribution in [3.05, 3.63) is 47.0 Å². The second-order valence-corrected chi connectivity index (χ2v) is 7.17. The molecule has 6 nitrogen and oxygen atoms in total. The number of Topliss-reactive ketones (excluding diaryl/α,β-unsaturated/α-hetero) is 1. The van der Waals surface area contributed by atoms with E-state index in [2.05, 4.69) is 0 Å². The van der Waals surface area contributed by atoms with Crippen LogP contribution in [0.4, 0.5) is 11.4 Å². The Morgan fingerprint density at radius 3 is 2.61 bits per heavy atom. The number of nitrogens with zero attached hydrogens (tertiary/aromatic N) is 1. The Kier molecular flexibility index (Phi) is 5.49. The monoisotopic (exact) mass is 382 g/mol. The van der Waals surface area contributed by atoms with Crippen LogP contribution in [0, 0.1) is 5.92 Å². The number of hydrogen-bond acceptors (Lipinski definition) is 6. The first kappa shape index (κ1) is 19.6. The summed E-state index contributed by atoms with van der Waals surface area (Å²) >= 11 is 0. The van der Waals surface area contributed by atoms with Crippen LogP contribution in [0.5, 0.6) is 17.2 Å². The Labute approximate surface area is 165 Å². The molecule has 1 aliphatic rings. The van der Waals surface area contributed by atoms with Crippen molar-refractivity contribution in [1.29, 1.82) is 0 Å². The fourth-order valence-electron chi connectivity index (χ4n) is 3.19. The Morgan fingerprint density at radius 2 is 1.96 bits per heavy atom. The molecule has 1 heterocycles. The third-order valence-electron chi connectivity index (χ3n) is 4.70. The number of hydrogen-bond donors (Lipinski definition) is 1. The van der Waals surface area contributed by atoms with Crippen LogP contribution in [-0.4, -0.2) is 33.8 Å². The van der Waals surface area contributed by atoms with Gasteiger partial charge < -0.3 is 24.8 Å². The van der Waals surface area contributed by atoms with Gasteiger partial charge in [-0.05, 0) is 42.3 Å². The van der Waals surface area contributed by atoms with E-state index in [-0.39, 0.29) is 18.5 Å². The van der Waals surface area contributed by atoms with E-state index in [0.717, 1.165) is 11.3 Å². The first-order valence-corrected chi connectivity index (χ1v) is 9.13. The number of methoxy groups -OCH3 is 1. The third kappa shape index (κ3) is 3.63. The lowest BCUT2D eigenvalue weighted by molar-refractivity contribution is 0.102. The lowest BCUT2D eigenvalue weighted by Gasteiger charge is -2.18. The minimum absolute atomic E-state index is 0.0167. The van der Waals surface area contributed by atoms with Gasteiger partial charge in [0, 0.05) is 30.8 Å². The van der Waals surface area contributed by atoms with Crippen LogP contribution in [0.2, 0.25) is 0 Å². The maximum Gasteiger partial charge on any atom is 0.231 e. The SMILES string of the molecule is COc1c(C=C(C(=O)c2ccc(N)c(N(C)C)c2)C(C)C)ccc2c1OCO2. The highest BCUT2D eigenvalue weighted by Crippen LogP contribution is 2.44. The van der Waals surface area contributed by atoms with E-state index in [1.165, 1.54) is 0 Å². The number of anilines is 2. The van der Waals surface area contributed by atoms with E-state index in [9.17, 15) is 4.79 Å². The molecule has 2 N–H and O–H groups in total. The molecule has 0 bridgehead atoms. The van der Waals surface area contributed by atoms with Crippen molar-refractivity contribution in [1.82, 2.24) is 0 Å². The summed E-state index contributed by atoms with van der Waals surface area (Å²) in [6, 6.07) is 9.05. The largest absolute Gasteiger partial charge is 0.492 e. The van der Waals surface area contributed by atoms with E-state index in [4.69, 9.17) is 19.9 Å². The molecular weight excluding hydrogens is 356 g/mol. The number of nitrogens with two attached hydrogens (primary N) is 1. The molecular formula is C22H26N2O4. The van der Waals surface area contributed by atoms with Crippen molar-refractivity contribution < 1.29 is 19.0 Å². The number of allylic oxidation sites excluding steroid dienone is 1. The quantitative estimate of drug-likeness (QED) is 0.463. The van der Waals surface area contributed by atoms with E-state index in [1.807, 2.05) is 57.1 Å². The van der Waals surface area contributed by atoms with Crippen LogP contribution in [-0.2, 0) is 0 Å². The van der Waals surface area contributed by atoms with Gasteiger partial charge >= 0.3 is 0 Å². The van der Waals surface area contributed by atoms with Gasteiger partial charge in [-0.25, -0.2) is 0 Å². The minimum atomic E-state index is -0.0437. The summed E-state index contributed by atoms with van der Waals surface area (Å²) in [7, 11) is 5.38. The number of fused-ring (bicyclic) bond motifs is 1. The maximum atomic E-state index is 13.3. The molecule has 0 saturated heterocycles. The molecule has 0 fully saturated rings. The molecule has 0 unspecified atom stereocenters. The van der Waals surface area contributed by atoms with Gasteiger partial charge in [-0.3, -0.25) is 4.79 Å². The second-order valence-electron chi connectivity index (χ2n) is 7.17. The van der Waals surface area contributed by atoms with Crippen molar-refractivity contribution in [2.75, 3.05) is 38.6 Å². The molecule has 6 heteroatoms.